The van der Waals surface area contributed by atoms with Crippen LogP contribution in [0.4, 0.5) is 5.69 Å². The first-order chi connectivity index (χ1) is 8.40. The zero-order valence-corrected chi connectivity index (χ0v) is 11.6. The van der Waals surface area contributed by atoms with E-state index in [-0.39, 0.29) is 21.1 Å². The molecule has 18 heavy (non-hydrogen) atoms. The lowest BCUT2D eigenvalue weighted by atomic mass is 10.3. The van der Waals surface area contributed by atoms with Crippen molar-refractivity contribution in [2.75, 3.05) is 4.72 Å². The summed E-state index contributed by atoms with van der Waals surface area (Å²) in [6.07, 6.45) is 0. The highest BCUT2D eigenvalue weighted by Gasteiger charge is 2.23. The first kappa shape index (κ1) is 12.8. The number of phenolic OH excluding ortho intramolecular Hbond substituents is 1. The van der Waals surface area contributed by atoms with E-state index in [4.69, 9.17) is 0 Å². The molecule has 0 saturated carbocycles. The summed E-state index contributed by atoms with van der Waals surface area (Å²) in [4.78, 5) is 0. The maximum Gasteiger partial charge on any atom is 0.281 e. The minimum Gasteiger partial charge on any atom is -0.508 e. The van der Waals surface area contributed by atoms with Gasteiger partial charge in [0.15, 0.2) is 4.60 Å². The Morgan fingerprint density at radius 1 is 1.44 bits per heavy atom. The molecule has 0 bridgehead atoms. The second-order valence-electron chi connectivity index (χ2n) is 3.46. The number of hydrogen-bond donors (Lipinski definition) is 2. The molecule has 0 radical (unpaired) electrons. The number of nitrogens with one attached hydrogen (secondary N) is 1. The predicted octanol–water partition coefficient (Wildman–Crippen LogP) is 1.08. The van der Waals surface area contributed by atoms with Gasteiger partial charge in [0.05, 0.1) is 5.69 Å². The third-order valence-electron chi connectivity index (χ3n) is 2.09. The van der Waals surface area contributed by atoms with Gasteiger partial charge in [0, 0.05) is 13.1 Å². The molecule has 2 aromatic rings. The summed E-state index contributed by atoms with van der Waals surface area (Å²) in [6.45, 7) is 0. The van der Waals surface area contributed by atoms with E-state index in [2.05, 4.69) is 31.0 Å². The Morgan fingerprint density at radius 2 is 2.17 bits per heavy atom. The molecule has 0 aliphatic heterocycles. The van der Waals surface area contributed by atoms with Crippen LogP contribution in [0.1, 0.15) is 0 Å². The van der Waals surface area contributed by atoms with E-state index < -0.39 is 10.0 Å². The van der Waals surface area contributed by atoms with E-state index >= 15 is 0 Å². The molecule has 0 spiro atoms. The highest BCUT2D eigenvalue weighted by Crippen LogP contribution is 2.23. The summed E-state index contributed by atoms with van der Waals surface area (Å²) in [5, 5.41) is 16.4. The zero-order chi connectivity index (χ0) is 13.3. The van der Waals surface area contributed by atoms with Crippen molar-refractivity contribution in [3.63, 3.8) is 0 Å². The average Bonchev–Trinajstić information content (AvgIpc) is 2.58. The van der Waals surface area contributed by atoms with E-state index in [1.54, 1.807) is 0 Å². The number of hydrogen-bond acceptors (Lipinski definition) is 5. The molecule has 2 rings (SSSR count). The van der Waals surface area contributed by atoms with Gasteiger partial charge in [-0.1, -0.05) is 11.3 Å². The van der Waals surface area contributed by atoms with Crippen LogP contribution in [0.5, 0.6) is 5.75 Å². The minimum absolute atomic E-state index is 0.0302. The molecule has 0 atom stereocenters. The number of benzene rings is 1. The van der Waals surface area contributed by atoms with Crippen molar-refractivity contribution < 1.29 is 13.5 Å². The molecule has 9 heteroatoms. The Hall–Kier alpha value is -1.61. The number of aryl methyl sites for hydroxylation is 1. The van der Waals surface area contributed by atoms with E-state index in [1.807, 2.05) is 0 Å². The van der Waals surface area contributed by atoms with Gasteiger partial charge in [-0.3, -0.25) is 4.72 Å². The van der Waals surface area contributed by atoms with E-state index in [9.17, 15) is 13.5 Å². The standard InChI is InChI=1S/C9H9BrN4O3S/c1-14-9(8(10)11-13-14)18(16,17)12-6-3-2-4-7(15)5-6/h2-5,12,15H,1H3. The van der Waals surface area contributed by atoms with E-state index in [0.29, 0.717) is 0 Å². The lowest BCUT2D eigenvalue weighted by molar-refractivity contribution is 0.475. The SMILES string of the molecule is Cn1nnc(Br)c1S(=O)(=O)Nc1cccc(O)c1. The van der Waals surface area contributed by atoms with Crippen LogP contribution in [-0.4, -0.2) is 28.5 Å². The Bertz CT molecular complexity index is 663. The molecule has 0 fully saturated rings. The van der Waals surface area contributed by atoms with Gasteiger partial charge in [-0.05, 0) is 28.1 Å². The van der Waals surface area contributed by atoms with Crippen LogP contribution in [-0.2, 0) is 17.1 Å². The molecule has 1 aromatic heterocycles. The number of anilines is 1. The van der Waals surface area contributed by atoms with Crippen molar-refractivity contribution in [3.8, 4) is 5.75 Å². The molecular weight excluding hydrogens is 324 g/mol. The van der Waals surface area contributed by atoms with Gasteiger partial charge in [-0.2, -0.15) is 8.42 Å². The van der Waals surface area contributed by atoms with Crippen molar-refractivity contribution in [2.45, 2.75) is 5.03 Å². The monoisotopic (exact) mass is 332 g/mol. The minimum atomic E-state index is -3.82. The van der Waals surface area contributed by atoms with E-state index in [0.717, 1.165) is 4.68 Å². The van der Waals surface area contributed by atoms with Crippen molar-refractivity contribution in [1.82, 2.24) is 15.0 Å². The largest absolute Gasteiger partial charge is 0.508 e. The molecule has 0 aliphatic carbocycles. The number of aromatic nitrogens is 3. The predicted molar refractivity (Wildman–Crippen MR) is 67.6 cm³/mol. The highest BCUT2D eigenvalue weighted by atomic mass is 79.9. The summed E-state index contributed by atoms with van der Waals surface area (Å²) in [5.41, 5.74) is 0.253. The second-order valence-corrected chi connectivity index (χ2v) is 5.81. The Morgan fingerprint density at radius 3 is 2.72 bits per heavy atom. The first-order valence-corrected chi connectivity index (χ1v) is 7.05. The van der Waals surface area contributed by atoms with Gasteiger partial charge in [0.25, 0.3) is 10.0 Å². The molecular formula is C9H9BrN4O3S. The third-order valence-corrected chi connectivity index (χ3v) is 4.36. The zero-order valence-electron chi connectivity index (χ0n) is 9.20. The third kappa shape index (κ3) is 2.46. The number of nitrogens with zero attached hydrogens (tertiary/aromatic N) is 3. The summed E-state index contributed by atoms with van der Waals surface area (Å²) < 4.78 is 27.8. The summed E-state index contributed by atoms with van der Waals surface area (Å²) >= 11 is 3.02. The molecule has 2 N–H and O–H groups in total. The fraction of sp³-hybridized carbons (Fsp3) is 0.111. The Labute approximate surface area is 112 Å². The topological polar surface area (TPSA) is 97.1 Å². The number of aromatic hydroxyl groups is 1. The van der Waals surface area contributed by atoms with Crippen LogP contribution in [0.3, 0.4) is 0 Å². The molecule has 7 nitrogen and oxygen atoms in total. The lowest BCUT2D eigenvalue weighted by Crippen LogP contribution is -2.17. The normalized spacial score (nSPS) is 11.4. The summed E-state index contributed by atoms with van der Waals surface area (Å²) in [6, 6.07) is 5.80. The summed E-state index contributed by atoms with van der Waals surface area (Å²) in [5.74, 6) is -0.0302. The van der Waals surface area contributed by atoms with E-state index in [1.165, 1.54) is 31.3 Å². The molecule has 0 amide bonds. The van der Waals surface area contributed by atoms with Crippen LogP contribution < -0.4 is 4.72 Å². The van der Waals surface area contributed by atoms with Gasteiger partial charge in [0.2, 0.25) is 5.03 Å². The van der Waals surface area contributed by atoms with Crippen molar-refractivity contribution in [2.24, 2.45) is 7.05 Å². The molecule has 1 heterocycles. The van der Waals surface area contributed by atoms with Crippen LogP contribution in [0.15, 0.2) is 33.9 Å². The number of phenols is 1. The number of rotatable bonds is 3. The van der Waals surface area contributed by atoms with Gasteiger partial charge in [0.1, 0.15) is 5.75 Å². The number of halogens is 1. The highest BCUT2D eigenvalue weighted by molar-refractivity contribution is 9.10. The fourth-order valence-electron chi connectivity index (χ4n) is 1.38. The average molecular weight is 333 g/mol. The Kier molecular flexibility index (Phi) is 3.26. The summed E-state index contributed by atoms with van der Waals surface area (Å²) in [7, 11) is -2.35. The number of sulfonamides is 1. The first-order valence-electron chi connectivity index (χ1n) is 4.77. The quantitative estimate of drug-likeness (QED) is 0.876. The smallest absolute Gasteiger partial charge is 0.281 e. The van der Waals surface area contributed by atoms with Crippen molar-refractivity contribution in [3.05, 3.63) is 28.9 Å². The second kappa shape index (κ2) is 4.58. The van der Waals surface area contributed by atoms with Gasteiger partial charge < -0.3 is 5.11 Å². The van der Waals surface area contributed by atoms with Gasteiger partial charge in [-0.15, -0.1) is 5.10 Å². The van der Waals surface area contributed by atoms with Gasteiger partial charge in [-0.25, -0.2) is 4.68 Å². The molecule has 1 aromatic carbocycles. The van der Waals surface area contributed by atoms with Crippen LogP contribution in [0.2, 0.25) is 0 Å². The van der Waals surface area contributed by atoms with Crippen molar-refractivity contribution >= 4 is 31.6 Å². The molecule has 0 aliphatic rings. The Balaban J connectivity index is 2.39. The van der Waals surface area contributed by atoms with Crippen LogP contribution in [0.25, 0.3) is 0 Å². The maximum absolute atomic E-state index is 12.1. The molecule has 0 unspecified atom stereocenters. The maximum atomic E-state index is 12.1. The molecule has 0 saturated heterocycles. The van der Waals surface area contributed by atoms with Crippen LogP contribution >= 0.6 is 15.9 Å². The van der Waals surface area contributed by atoms with Gasteiger partial charge >= 0.3 is 0 Å². The van der Waals surface area contributed by atoms with Crippen molar-refractivity contribution in [1.29, 1.82) is 0 Å². The fourth-order valence-corrected chi connectivity index (χ4v) is 3.53. The molecule has 96 valence electrons. The van der Waals surface area contributed by atoms with Crippen LogP contribution in [0, 0.1) is 0 Å². The lowest BCUT2D eigenvalue weighted by Gasteiger charge is -2.08.